The van der Waals surface area contributed by atoms with Gasteiger partial charge in [0.2, 0.25) is 5.91 Å². The number of aliphatic hydroxyl groups is 2. The topological polar surface area (TPSA) is 81.1 Å². The van der Waals surface area contributed by atoms with Gasteiger partial charge in [-0.1, -0.05) is 67.6 Å². The Bertz CT molecular complexity index is 1010. The molecule has 0 unspecified atom stereocenters. The second kappa shape index (κ2) is 9.27. The van der Waals surface area contributed by atoms with E-state index in [4.69, 9.17) is 0 Å². The summed E-state index contributed by atoms with van der Waals surface area (Å²) in [6, 6.07) is 16.9. The highest BCUT2D eigenvalue weighted by Gasteiger charge is 2.52. The van der Waals surface area contributed by atoms with E-state index in [1.807, 2.05) is 48.5 Å². The van der Waals surface area contributed by atoms with E-state index in [1.165, 1.54) is 0 Å². The third kappa shape index (κ3) is 3.96. The average molecular weight is 435 g/mol. The zero-order chi connectivity index (χ0) is 22.7. The Labute approximate surface area is 188 Å². The van der Waals surface area contributed by atoms with Crippen LogP contribution in [0.3, 0.4) is 0 Å². The van der Waals surface area contributed by atoms with Gasteiger partial charge in [0.15, 0.2) is 5.60 Å². The van der Waals surface area contributed by atoms with Crippen molar-refractivity contribution < 1.29 is 19.8 Å². The highest BCUT2D eigenvalue weighted by molar-refractivity contribution is 6.07. The molecule has 1 saturated heterocycles. The van der Waals surface area contributed by atoms with Crippen LogP contribution < -0.4 is 4.90 Å². The maximum atomic E-state index is 13.5. The highest BCUT2D eigenvalue weighted by Crippen LogP contribution is 2.45. The molecule has 0 aliphatic carbocycles. The Hall–Kier alpha value is -2.96. The van der Waals surface area contributed by atoms with E-state index >= 15 is 0 Å². The van der Waals surface area contributed by atoms with Crippen molar-refractivity contribution in [3.05, 3.63) is 77.9 Å². The predicted molar refractivity (Wildman–Crippen MR) is 123 cm³/mol. The monoisotopic (exact) mass is 434 g/mol. The molecule has 2 amide bonds. The fourth-order valence-corrected chi connectivity index (χ4v) is 4.81. The average Bonchev–Trinajstić information content (AvgIpc) is 3.38. The van der Waals surface area contributed by atoms with Gasteiger partial charge in [-0.05, 0) is 24.5 Å². The van der Waals surface area contributed by atoms with Gasteiger partial charge in [0.25, 0.3) is 5.91 Å². The number of hydrogen-bond donors (Lipinski definition) is 2. The molecular weight excluding hydrogens is 404 g/mol. The number of rotatable bonds is 7. The molecule has 0 aromatic heterocycles. The molecule has 2 aliphatic rings. The summed E-state index contributed by atoms with van der Waals surface area (Å²) in [5.74, 6) is -0.913. The van der Waals surface area contributed by atoms with Crippen molar-refractivity contribution >= 4 is 17.5 Å². The Kier molecular flexibility index (Phi) is 6.44. The Morgan fingerprint density at radius 1 is 1.19 bits per heavy atom. The van der Waals surface area contributed by atoms with Gasteiger partial charge in [-0.2, -0.15) is 0 Å². The zero-order valence-corrected chi connectivity index (χ0v) is 18.4. The lowest BCUT2D eigenvalue weighted by atomic mass is 9.83. The molecule has 2 aliphatic heterocycles. The van der Waals surface area contributed by atoms with Crippen LogP contribution in [0.5, 0.6) is 0 Å². The third-order valence-corrected chi connectivity index (χ3v) is 6.64. The number of likely N-dealkylation sites (tertiary alicyclic amines) is 1. The lowest BCUT2D eigenvalue weighted by Crippen LogP contribution is -2.44. The lowest BCUT2D eigenvalue weighted by Gasteiger charge is -2.28. The standard InChI is InChI=1S/C26H30N2O4/c1-19(9-7-15-24(30)27-16-8-12-21(27)18-29)26(32)22-13-5-6-14-23(22)28(25(26)31)17-20-10-3-2-4-11-20/h2-7,9-11,13-14,19,21,29,32H,8,12,15-18H2,1H3/b9-7+/t19-,21-,26+/m0/s1. The summed E-state index contributed by atoms with van der Waals surface area (Å²) >= 11 is 0. The third-order valence-electron chi connectivity index (χ3n) is 6.64. The van der Waals surface area contributed by atoms with Crippen LogP contribution in [0.4, 0.5) is 5.69 Å². The first kappa shape index (κ1) is 22.2. The minimum Gasteiger partial charge on any atom is -0.394 e. The fourth-order valence-electron chi connectivity index (χ4n) is 4.81. The van der Waals surface area contributed by atoms with E-state index in [9.17, 15) is 19.8 Å². The van der Waals surface area contributed by atoms with Crippen molar-refractivity contribution in [2.75, 3.05) is 18.1 Å². The summed E-state index contributed by atoms with van der Waals surface area (Å²) in [5, 5.41) is 21.1. The number of aliphatic hydroxyl groups excluding tert-OH is 1. The molecule has 2 aromatic rings. The SMILES string of the molecule is C[C@@H](/C=C/CC(=O)N1CCC[C@H]1CO)[C@]1(O)C(=O)N(Cc2ccccc2)c2ccccc21. The van der Waals surface area contributed by atoms with Gasteiger partial charge >= 0.3 is 0 Å². The fraction of sp³-hybridized carbons (Fsp3) is 0.385. The van der Waals surface area contributed by atoms with E-state index in [2.05, 4.69) is 0 Å². The van der Waals surface area contributed by atoms with Gasteiger partial charge in [0.1, 0.15) is 0 Å². The van der Waals surface area contributed by atoms with Crippen LogP contribution in [0.15, 0.2) is 66.7 Å². The smallest absolute Gasteiger partial charge is 0.264 e. The molecular formula is C26H30N2O4. The number of nitrogens with zero attached hydrogens (tertiary/aromatic N) is 2. The number of anilines is 1. The molecule has 32 heavy (non-hydrogen) atoms. The van der Waals surface area contributed by atoms with E-state index in [0.717, 1.165) is 18.4 Å². The van der Waals surface area contributed by atoms with Crippen molar-refractivity contribution in [2.45, 2.75) is 44.4 Å². The summed E-state index contributed by atoms with van der Waals surface area (Å²) in [4.78, 5) is 29.4. The summed E-state index contributed by atoms with van der Waals surface area (Å²) in [5.41, 5.74) is 0.594. The van der Waals surface area contributed by atoms with Crippen LogP contribution in [-0.4, -0.2) is 46.1 Å². The summed E-state index contributed by atoms with van der Waals surface area (Å²) in [6.07, 6.45) is 5.39. The maximum Gasteiger partial charge on any atom is 0.264 e. The van der Waals surface area contributed by atoms with Crippen molar-refractivity contribution in [1.82, 2.24) is 4.90 Å². The Morgan fingerprint density at radius 2 is 1.91 bits per heavy atom. The molecule has 6 heteroatoms. The van der Waals surface area contributed by atoms with Crippen molar-refractivity contribution in [3.63, 3.8) is 0 Å². The van der Waals surface area contributed by atoms with E-state index in [0.29, 0.717) is 24.3 Å². The maximum absolute atomic E-state index is 13.5. The second-order valence-electron chi connectivity index (χ2n) is 8.65. The highest BCUT2D eigenvalue weighted by atomic mass is 16.3. The van der Waals surface area contributed by atoms with Gasteiger partial charge in [0, 0.05) is 24.4 Å². The summed E-state index contributed by atoms with van der Waals surface area (Å²) in [7, 11) is 0. The second-order valence-corrected chi connectivity index (χ2v) is 8.65. The molecule has 0 bridgehead atoms. The molecule has 6 nitrogen and oxygen atoms in total. The predicted octanol–water partition coefficient (Wildman–Crippen LogP) is 2.99. The molecule has 1 fully saturated rings. The number of carbonyl (C=O) groups excluding carboxylic acids is 2. The molecule has 0 saturated carbocycles. The van der Waals surface area contributed by atoms with Crippen molar-refractivity contribution in [2.24, 2.45) is 5.92 Å². The van der Waals surface area contributed by atoms with Crippen LogP contribution in [0.25, 0.3) is 0 Å². The quantitative estimate of drug-likeness (QED) is 0.657. The Balaban J connectivity index is 1.52. The first-order valence-corrected chi connectivity index (χ1v) is 11.2. The first-order chi connectivity index (χ1) is 15.5. The molecule has 168 valence electrons. The number of fused-ring (bicyclic) bond motifs is 1. The van der Waals surface area contributed by atoms with Crippen LogP contribution in [0.2, 0.25) is 0 Å². The number of benzene rings is 2. The molecule has 2 aromatic carbocycles. The number of amides is 2. The largest absolute Gasteiger partial charge is 0.394 e. The van der Waals surface area contributed by atoms with E-state index < -0.39 is 11.5 Å². The minimum atomic E-state index is -1.69. The van der Waals surface area contributed by atoms with Gasteiger partial charge in [-0.3, -0.25) is 9.59 Å². The van der Waals surface area contributed by atoms with Crippen LogP contribution in [-0.2, 0) is 21.7 Å². The van der Waals surface area contributed by atoms with Crippen molar-refractivity contribution in [3.8, 4) is 0 Å². The lowest BCUT2D eigenvalue weighted by molar-refractivity contribution is -0.139. The number of para-hydroxylation sites is 1. The minimum absolute atomic E-state index is 0.0197. The molecule has 2 heterocycles. The summed E-state index contributed by atoms with van der Waals surface area (Å²) in [6.45, 7) is 2.82. The normalized spacial score (nSPS) is 23.7. The van der Waals surface area contributed by atoms with Crippen LogP contribution >= 0.6 is 0 Å². The molecule has 3 atom stereocenters. The molecule has 0 radical (unpaired) electrons. The van der Waals surface area contributed by atoms with Gasteiger partial charge in [0.05, 0.1) is 24.9 Å². The number of carbonyl (C=O) groups is 2. The summed E-state index contributed by atoms with van der Waals surface area (Å²) < 4.78 is 0. The van der Waals surface area contributed by atoms with E-state index in [1.54, 1.807) is 34.9 Å². The molecule has 0 spiro atoms. The van der Waals surface area contributed by atoms with Gasteiger partial charge in [-0.15, -0.1) is 0 Å². The molecule has 4 rings (SSSR count). The van der Waals surface area contributed by atoms with Crippen molar-refractivity contribution in [1.29, 1.82) is 0 Å². The van der Waals surface area contributed by atoms with Crippen LogP contribution in [0, 0.1) is 5.92 Å². The van der Waals surface area contributed by atoms with E-state index in [-0.39, 0.29) is 30.9 Å². The van der Waals surface area contributed by atoms with Crippen LogP contribution in [0.1, 0.15) is 37.3 Å². The van der Waals surface area contributed by atoms with Gasteiger partial charge < -0.3 is 20.0 Å². The Morgan fingerprint density at radius 3 is 2.66 bits per heavy atom. The zero-order valence-electron chi connectivity index (χ0n) is 18.4. The van der Waals surface area contributed by atoms with Gasteiger partial charge in [-0.25, -0.2) is 0 Å². The number of hydrogen-bond acceptors (Lipinski definition) is 4. The molecule has 2 N–H and O–H groups in total. The first-order valence-electron chi connectivity index (χ1n) is 11.2.